The highest BCUT2D eigenvalue weighted by molar-refractivity contribution is 5.44. The fraction of sp³-hybridized carbons (Fsp3) is 0.571. The summed E-state index contributed by atoms with van der Waals surface area (Å²) >= 11 is 0. The van der Waals surface area contributed by atoms with Gasteiger partial charge in [-0.05, 0) is 44.9 Å². The predicted octanol–water partition coefficient (Wildman–Crippen LogP) is 1.94. The van der Waals surface area contributed by atoms with Gasteiger partial charge in [-0.15, -0.1) is 0 Å². The van der Waals surface area contributed by atoms with Crippen LogP contribution in [-0.4, -0.2) is 30.7 Å². The lowest BCUT2D eigenvalue weighted by molar-refractivity contribution is 0.287. The minimum absolute atomic E-state index is 0.313. The van der Waals surface area contributed by atoms with Crippen molar-refractivity contribution in [3.8, 4) is 6.07 Å². The maximum atomic E-state index is 9.25. The van der Waals surface area contributed by atoms with E-state index < -0.39 is 0 Å². The van der Waals surface area contributed by atoms with Gasteiger partial charge in [0, 0.05) is 19.3 Å². The molecule has 0 unspecified atom stereocenters. The topological polar surface area (TPSA) is 52.0 Å². The molecule has 0 aliphatic heterocycles. The molecule has 1 aromatic rings. The average Bonchev–Trinajstić information content (AvgIpc) is 2.47. The van der Waals surface area contributed by atoms with Crippen LogP contribution >= 0.6 is 0 Å². The van der Waals surface area contributed by atoms with Gasteiger partial charge < -0.3 is 10.2 Å². The zero-order valence-electron chi connectivity index (χ0n) is 11.1. The van der Waals surface area contributed by atoms with Gasteiger partial charge in [-0.25, -0.2) is 0 Å². The molecule has 1 N–H and O–H groups in total. The predicted molar refractivity (Wildman–Crippen MR) is 72.3 cm³/mol. The van der Waals surface area contributed by atoms with Crippen LogP contribution in [0.3, 0.4) is 0 Å². The number of hydrogen-bond acceptors (Lipinski definition) is 4. The summed E-state index contributed by atoms with van der Waals surface area (Å²) in [6.45, 7) is 0. The van der Waals surface area contributed by atoms with Crippen LogP contribution < -0.4 is 10.2 Å². The molecule has 0 spiro atoms. The minimum atomic E-state index is -0.313. The van der Waals surface area contributed by atoms with Crippen molar-refractivity contribution in [1.29, 1.82) is 5.26 Å². The molecule has 96 valence electrons. The van der Waals surface area contributed by atoms with Crippen LogP contribution in [0.1, 0.15) is 25.7 Å². The highest BCUT2D eigenvalue weighted by Crippen LogP contribution is 2.31. The molecule has 0 amide bonds. The number of aromatic nitrogens is 1. The van der Waals surface area contributed by atoms with Gasteiger partial charge in [0.2, 0.25) is 0 Å². The fourth-order valence-corrected chi connectivity index (χ4v) is 2.67. The Balaban J connectivity index is 2.00. The first-order valence-corrected chi connectivity index (χ1v) is 6.44. The van der Waals surface area contributed by atoms with Gasteiger partial charge in [-0.2, -0.15) is 5.26 Å². The van der Waals surface area contributed by atoms with Crippen LogP contribution in [0, 0.1) is 11.3 Å². The van der Waals surface area contributed by atoms with Crippen molar-refractivity contribution in [2.24, 2.45) is 0 Å². The van der Waals surface area contributed by atoms with Crippen LogP contribution in [0.25, 0.3) is 0 Å². The van der Waals surface area contributed by atoms with E-state index in [-0.39, 0.29) is 5.54 Å². The van der Waals surface area contributed by atoms with E-state index in [1.807, 2.05) is 19.3 Å². The first-order valence-electron chi connectivity index (χ1n) is 6.44. The first-order chi connectivity index (χ1) is 8.71. The average molecular weight is 244 g/mol. The van der Waals surface area contributed by atoms with E-state index in [0.717, 1.165) is 31.4 Å². The normalized spacial score (nSPS) is 27.5. The SMILES string of the molecule is CNC1(C#N)CCC(N(C)c2cccnc2)CC1. The second kappa shape index (κ2) is 5.36. The molecule has 0 bridgehead atoms. The summed E-state index contributed by atoms with van der Waals surface area (Å²) in [7, 11) is 3.99. The number of nitrogens with one attached hydrogen (secondary N) is 1. The number of nitrogens with zero attached hydrogens (tertiary/aromatic N) is 3. The number of pyridine rings is 1. The summed E-state index contributed by atoms with van der Waals surface area (Å²) in [6, 6.07) is 6.97. The maximum absolute atomic E-state index is 9.25. The molecular formula is C14H20N4. The van der Waals surface area contributed by atoms with Gasteiger partial charge in [0.05, 0.1) is 18.0 Å². The molecule has 0 aromatic carbocycles. The lowest BCUT2D eigenvalue weighted by Gasteiger charge is -2.39. The quantitative estimate of drug-likeness (QED) is 0.883. The van der Waals surface area contributed by atoms with Crippen LogP contribution in [0.2, 0.25) is 0 Å². The van der Waals surface area contributed by atoms with Crippen LogP contribution in [0.5, 0.6) is 0 Å². The number of nitriles is 1. The third kappa shape index (κ3) is 2.46. The molecule has 4 heteroatoms. The van der Waals surface area contributed by atoms with Crippen molar-refractivity contribution in [2.45, 2.75) is 37.3 Å². The Bertz CT molecular complexity index is 415. The number of hydrogen-bond donors (Lipinski definition) is 1. The van der Waals surface area contributed by atoms with Gasteiger partial charge in [0.1, 0.15) is 5.54 Å². The zero-order chi connectivity index (χ0) is 13.0. The monoisotopic (exact) mass is 244 g/mol. The Morgan fingerprint density at radius 1 is 1.50 bits per heavy atom. The smallest absolute Gasteiger partial charge is 0.106 e. The molecule has 0 radical (unpaired) electrons. The summed E-state index contributed by atoms with van der Waals surface area (Å²) in [5.74, 6) is 0. The van der Waals surface area contributed by atoms with E-state index in [9.17, 15) is 5.26 Å². The summed E-state index contributed by atoms with van der Waals surface area (Å²) < 4.78 is 0. The molecule has 1 heterocycles. The summed E-state index contributed by atoms with van der Waals surface area (Å²) in [4.78, 5) is 6.44. The molecule has 1 aliphatic carbocycles. The molecule has 1 aliphatic rings. The van der Waals surface area contributed by atoms with E-state index in [4.69, 9.17) is 0 Å². The standard InChI is InChI=1S/C14H20N4/c1-16-14(11-15)7-5-12(6-8-14)18(2)13-4-3-9-17-10-13/h3-4,9-10,12,16H,5-8H2,1-2H3. The van der Waals surface area contributed by atoms with E-state index in [1.165, 1.54) is 0 Å². The molecule has 1 saturated carbocycles. The van der Waals surface area contributed by atoms with Crippen molar-refractivity contribution in [3.05, 3.63) is 24.5 Å². The second-order valence-electron chi connectivity index (χ2n) is 5.00. The van der Waals surface area contributed by atoms with Crippen molar-refractivity contribution in [3.63, 3.8) is 0 Å². The molecule has 4 nitrogen and oxygen atoms in total. The Morgan fingerprint density at radius 2 is 2.22 bits per heavy atom. The van der Waals surface area contributed by atoms with Crippen LogP contribution in [-0.2, 0) is 0 Å². The van der Waals surface area contributed by atoms with Crippen molar-refractivity contribution >= 4 is 5.69 Å². The Labute approximate surface area is 109 Å². The molecule has 18 heavy (non-hydrogen) atoms. The van der Waals surface area contributed by atoms with Gasteiger partial charge in [0.15, 0.2) is 0 Å². The third-order valence-corrected chi connectivity index (χ3v) is 4.10. The zero-order valence-corrected chi connectivity index (χ0v) is 11.1. The van der Waals surface area contributed by atoms with Crippen molar-refractivity contribution in [2.75, 3.05) is 19.0 Å². The summed E-state index contributed by atoms with van der Waals surface area (Å²) in [5.41, 5.74) is 0.836. The fourth-order valence-electron chi connectivity index (χ4n) is 2.67. The number of rotatable bonds is 3. The van der Waals surface area contributed by atoms with Crippen molar-refractivity contribution < 1.29 is 0 Å². The van der Waals surface area contributed by atoms with Crippen LogP contribution in [0.15, 0.2) is 24.5 Å². The minimum Gasteiger partial charge on any atom is -0.370 e. The third-order valence-electron chi connectivity index (χ3n) is 4.10. The molecule has 0 atom stereocenters. The highest BCUT2D eigenvalue weighted by Gasteiger charge is 2.35. The lowest BCUT2D eigenvalue weighted by Crippen LogP contribution is -2.48. The van der Waals surface area contributed by atoms with Gasteiger partial charge in [-0.1, -0.05) is 0 Å². The van der Waals surface area contributed by atoms with E-state index >= 15 is 0 Å². The molecule has 1 aromatic heterocycles. The molecular weight excluding hydrogens is 224 g/mol. The first kappa shape index (κ1) is 12.8. The maximum Gasteiger partial charge on any atom is 0.106 e. The summed E-state index contributed by atoms with van der Waals surface area (Å²) in [5, 5.41) is 12.4. The highest BCUT2D eigenvalue weighted by atomic mass is 15.1. The lowest BCUT2D eigenvalue weighted by atomic mass is 9.80. The second-order valence-corrected chi connectivity index (χ2v) is 5.00. The molecule has 1 fully saturated rings. The van der Waals surface area contributed by atoms with Crippen LogP contribution in [0.4, 0.5) is 5.69 Å². The largest absolute Gasteiger partial charge is 0.370 e. The Hall–Kier alpha value is -1.60. The summed E-state index contributed by atoms with van der Waals surface area (Å²) in [6.07, 6.45) is 7.59. The van der Waals surface area contributed by atoms with Gasteiger partial charge in [-0.3, -0.25) is 4.98 Å². The van der Waals surface area contributed by atoms with Crippen molar-refractivity contribution in [1.82, 2.24) is 10.3 Å². The van der Waals surface area contributed by atoms with E-state index in [0.29, 0.717) is 6.04 Å². The van der Waals surface area contributed by atoms with E-state index in [1.54, 1.807) is 6.20 Å². The Kier molecular flexibility index (Phi) is 3.83. The van der Waals surface area contributed by atoms with Gasteiger partial charge in [0.25, 0.3) is 0 Å². The molecule has 2 rings (SSSR count). The number of anilines is 1. The Morgan fingerprint density at radius 3 is 2.72 bits per heavy atom. The van der Waals surface area contributed by atoms with Gasteiger partial charge >= 0.3 is 0 Å². The van der Waals surface area contributed by atoms with E-state index in [2.05, 4.69) is 34.4 Å². The molecule has 0 saturated heterocycles.